The number of nitro benzene ring substituents is 2. The molecule has 0 unspecified atom stereocenters. The first-order chi connectivity index (χ1) is 14.5. The number of fused-ring (bicyclic) bond motifs is 1. The van der Waals surface area contributed by atoms with Crippen LogP contribution in [0.1, 0.15) is 0 Å². The molecule has 0 saturated heterocycles. The highest BCUT2D eigenvalue weighted by molar-refractivity contribution is 5.90. The Bertz CT molecular complexity index is 1240. The molecule has 0 aromatic heterocycles. The van der Waals surface area contributed by atoms with Gasteiger partial charge in [-0.15, -0.1) is 0 Å². The SMILES string of the molecule is O=[N+]([O-])c1ccc(Oc2cc(Oc3ccc([N+](=O)[O-])cc3)c3ccccc3c2)cc1. The van der Waals surface area contributed by atoms with Gasteiger partial charge >= 0.3 is 0 Å². The highest BCUT2D eigenvalue weighted by Crippen LogP contribution is 2.36. The van der Waals surface area contributed by atoms with Crippen LogP contribution in [-0.2, 0) is 0 Å². The van der Waals surface area contributed by atoms with Crippen LogP contribution in [0.2, 0.25) is 0 Å². The molecule has 8 nitrogen and oxygen atoms in total. The summed E-state index contributed by atoms with van der Waals surface area (Å²) in [6.07, 6.45) is 0. The highest BCUT2D eigenvalue weighted by Gasteiger charge is 2.11. The van der Waals surface area contributed by atoms with E-state index in [0.717, 1.165) is 10.8 Å². The average Bonchev–Trinajstić information content (AvgIpc) is 2.74. The summed E-state index contributed by atoms with van der Waals surface area (Å²) in [4.78, 5) is 20.7. The summed E-state index contributed by atoms with van der Waals surface area (Å²) in [5, 5.41) is 23.3. The number of hydrogen-bond donors (Lipinski definition) is 0. The molecule has 4 rings (SSSR count). The van der Waals surface area contributed by atoms with Crippen molar-refractivity contribution in [2.24, 2.45) is 0 Å². The van der Waals surface area contributed by atoms with E-state index in [0.29, 0.717) is 23.0 Å². The number of ether oxygens (including phenoxy) is 2. The lowest BCUT2D eigenvalue weighted by atomic mass is 10.1. The molecular formula is C22H14N2O6. The maximum atomic E-state index is 10.8. The fourth-order valence-corrected chi connectivity index (χ4v) is 2.93. The number of non-ortho nitro benzene ring substituents is 2. The number of hydrogen-bond acceptors (Lipinski definition) is 6. The number of nitrogens with zero attached hydrogens (tertiary/aromatic N) is 2. The summed E-state index contributed by atoms with van der Waals surface area (Å²) in [6.45, 7) is 0. The van der Waals surface area contributed by atoms with E-state index in [4.69, 9.17) is 9.47 Å². The van der Waals surface area contributed by atoms with Gasteiger partial charge in [0.2, 0.25) is 0 Å². The Labute approximate surface area is 170 Å². The van der Waals surface area contributed by atoms with Crippen molar-refractivity contribution in [1.82, 2.24) is 0 Å². The lowest BCUT2D eigenvalue weighted by Crippen LogP contribution is -1.91. The van der Waals surface area contributed by atoms with Crippen molar-refractivity contribution in [3.05, 3.63) is 105 Å². The third-order valence-electron chi connectivity index (χ3n) is 4.36. The number of nitro groups is 2. The Morgan fingerprint density at radius 3 is 1.70 bits per heavy atom. The molecule has 0 spiro atoms. The summed E-state index contributed by atoms with van der Waals surface area (Å²) < 4.78 is 11.8. The topological polar surface area (TPSA) is 105 Å². The fourth-order valence-electron chi connectivity index (χ4n) is 2.93. The molecule has 0 atom stereocenters. The predicted octanol–water partition coefficient (Wildman–Crippen LogP) is 6.24. The molecule has 8 heteroatoms. The minimum atomic E-state index is -0.476. The zero-order chi connectivity index (χ0) is 21.1. The van der Waals surface area contributed by atoms with Crippen molar-refractivity contribution in [3.8, 4) is 23.0 Å². The Kier molecular flexibility index (Phi) is 4.96. The van der Waals surface area contributed by atoms with Crippen LogP contribution in [0.25, 0.3) is 10.8 Å². The Hall–Kier alpha value is -4.46. The molecule has 0 bridgehead atoms. The van der Waals surface area contributed by atoms with E-state index in [9.17, 15) is 20.2 Å². The monoisotopic (exact) mass is 402 g/mol. The van der Waals surface area contributed by atoms with E-state index in [2.05, 4.69) is 0 Å². The predicted molar refractivity (Wildman–Crippen MR) is 110 cm³/mol. The van der Waals surface area contributed by atoms with Crippen LogP contribution in [0.15, 0.2) is 84.9 Å². The van der Waals surface area contributed by atoms with Gasteiger partial charge in [0, 0.05) is 35.7 Å². The van der Waals surface area contributed by atoms with E-state index < -0.39 is 9.85 Å². The average molecular weight is 402 g/mol. The van der Waals surface area contributed by atoms with Gasteiger partial charge in [-0.3, -0.25) is 20.2 Å². The zero-order valence-electron chi connectivity index (χ0n) is 15.4. The Morgan fingerprint density at radius 2 is 1.13 bits per heavy atom. The summed E-state index contributed by atoms with van der Waals surface area (Å²) in [7, 11) is 0. The minimum absolute atomic E-state index is 0.0249. The Morgan fingerprint density at radius 1 is 0.600 bits per heavy atom. The van der Waals surface area contributed by atoms with E-state index in [1.165, 1.54) is 48.5 Å². The van der Waals surface area contributed by atoms with Crippen molar-refractivity contribution < 1.29 is 19.3 Å². The van der Waals surface area contributed by atoms with E-state index in [-0.39, 0.29) is 11.4 Å². The second kappa shape index (κ2) is 7.88. The molecule has 0 radical (unpaired) electrons. The first-order valence-electron chi connectivity index (χ1n) is 8.87. The maximum absolute atomic E-state index is 10.8. The largest absolute Gasteiger partial charge is 0.457 e. The lowest BCUT2D eigenvalue weighted by molar-refractivity contribution is -0.385. The van der Waals surface area contributed by atoms with E-state index in [1.54, 1.807) is 6.07 Å². The number of benzene rings is 4. The second-order valence-corrected chi connectivity index (χ2v) is 6.35. The molecule has 4 aromatic rings. The van der Waals surface area contributed by atoms with Crippen LogP contribution >= 0.6 is 0 Å². The van der Waals surface area contributed by atoms with E-state index in [1.807, 2.05) is 30.3 Å². The lowest BCUT2D eigenvalue weighted by Gasteiger charge is -2.12. The molecule has 30 heavy (non-hydrogen) atoms. The third-order valence-corrected chi connectivity index (χ3v) is 4.36. The molecular weight excluding hydrogens is 388 g/mol. The summed E-state index contributed by atoms with van der Waals surface area (Å²) >= 11 is 0. The van der Waals surface area contributed by atoms with Gasteiger partial charge in [0.25, 0.3) is 11.4 Å². The zero-order valence-corrected chi connectivity index (χ0v) is 15.4. The molecule has 0 heterocycles. The molecule has 0 saturated carbocycles. The van der Waals surface area contributed by atoms with Gasteiger partial charge in [-0.2, -0.15) is 0 Å². The van der Waals surface area contributed by atoms with Crippen LogP contribution in [0.4, 0.5) is 11.4 Å². The number of rotatable bonds is 6. The van der Waals surface area contributed by atoms with Crippen molar-refractivity contribution in [1.29, 1.82) is 0 Å². The van der Waals surface area contributed by atoms with Gasteiger partial charge in [0.05, 0.1) is 9.85 Å². The molecule has 0 amide bonds. The molecule has 0 aliphatic rings. The van der Waals surface area contributed by atoms with Gasteiger partial charge in [-0.1, -0.05) is 24.3 Å². The van der Waals surface area contributed by atoms with Crippen LogP contribution in [0.5, 0.6) is 23.0 Å². The van der Waals surface area contributed by atoms with Crippen molar-refractivity contribution in [2.45, 2.75) is 0 Å². The van der Waals surface area contributed by atoms with Gasteiger partial charge in [0.1, 0.15) is 23.0 Å². The van der Waals surface area contributed by atoms with Crippen LogP contribution < -0.4 is 9.47 Å². The smallest absolute Gasteiger partial charge is 0.269 e. The Balaban J connectivity index is 1.66. The van der Waals surface area contributed by atoms with Crippen LogP contribution in [0.3, 0.4) is 0 Å². The molecule has 0 aliphatic carbocycles. The highest BCUT2D eigenvalue weighted by atomic mass is 16.6. The standard InChI is InChI=1S/C22H14N2O6/c25-23(26)16-5-9-18(10-6-16)29-20-13-15-3-1-2-4-21(15)22(14-20)30-19-11-7-17(8-12-19)24(27)28/h1-14H. The minimum Gasteiger partial charge on any atom is -0.457 e. The van der Waals surface area contributed by atoms with Crippen molar-refractivity contribution in [3.63, 3.8) is 0 Å². The van der Waals surface area contributed by atoms with E-state index >= 15 is 0 Å². The first-order valence-corrected chi connectivity index (χ1v) is 8.87. The summed E-state index contributed by atoms with van der Waals surface area (Å²) in [5.41, 5.74) is -0.0504. The first kappa shape index (κ1) is 18.9. The second-order valence-electron chi connectivity index (χ2n) is 6.35. The molecule has 0 aliphatic heterocycles. The molecule has 148 valence electrons. The molecule has 4 aromatic carbocycles. The quantitative estimate of drug-likeness (QED) is 0.279. The third kappa shape index (κ3) is 4.02. The van der Waals surface area contributed by atoms with Gasteiger partial charge in [-0.25, -0.2) is 0 Å². The van der Waals surface area contributed by atoms with Crippen molar-refractivity contribution in [2.75, 3.05) is 0 Å². The van der Waals surface area contributed by atoms with Crippen molar-refractivity contribution >= 4 is 22.1 Å². The maximum Gasteiger partial charge on any atom is 0.269 e. The van der Waals surface area contributed by atoms with Crippen LogP contribution in [0, 0.1) is 20.2 Å². The fraction of sp³-hybridized carbons (Fsp3) is 0. The summed E-state index contributed by atoms with van der Waals surface area (Å²) in [5.74, 6) is 1.88. The van der Waals surface area contributed by atoms with Crippen LogP contribution in [-0.4, -0.2) is 9.85 Å². The summed E-state index contributed by atoms with van der Waals surface area (Å²) in [6, 6.07) is 22.6. The van der Waals surface area contributed by atoms with Gasteiger partial charge < -0.3 is 9.47 Å². The molecule has 0 fully saturated rings. The normalized spacial score (nSPS) is 10.5. The van der Waals surface area contributed by atoms with Gasteiger partial charge in [0.15, 0.2) is 0 Å². The van der Waals surface area contributed by atoms with Gasteiger partial charge in [-0.05, 0) is 35.7 Å². The molecule has 0 N–H and O–H groups in total.